The summed E-state index contributed by atoms with van der Waals surface area (Å²) in [5, 5.41) is 3.95. The van der Waals surface area contributed by atoms with Crippen molar-refractivity contribution >= 4 is 5.91 Å². The van der Waals surface area contributed by atoms with Gasteiger partial charge in [0.05, 0.1) is 6.04 Å². The molecule has 2 aliphatic rings. The molecule has 0 N–H and O–H groups in total. The molecule has 1 aromatic heterocycles. The Bertz CT molecular complexity index is 1050. The van der Waals surface area contributed by atoms with E-state index in [0.29, 0.717) is 29.4 Å². The third-order valence-electron chi connectivity index (χ3n) is 5.16. The molecular formula is C21H17FN2O4. The molecule has 3 heterocycles. The Morgan fingerprint density at radius 3 is 2.86 bits per heavy atom. The summed E-state index contributed by atoms with van der Waals surface area (Å²) in [6.45, 7) is 0.745. The molecule has 0 unspecified atom stereocenters. The van der Waals surface area contributed by atoms with Crippen molar-refractivity contribution in [1.82, 2.24) is 10.1 Å². The summed E-state index contributed by atoms with van der Waals surface area (Å²) in [6, 6.07) is 13.3. The summed E-state index contributed by atoms with van der Waals surface area (Å²) in [5.41, 5.74) is 1.48. The standard InChI is InChI=1S/C21H17FN2O4/c22-15-5-2-1-4-14(15)17-6-3-9-24(17)21(25)16-11-19(28-23-16)13-7-8-18-20(10-13)27-12-26-18/h1-2,4-5,7-8,10-11,17H,3,6,9,12H2/t17-/m0/s1. The van der Waals surface area contributed by atoms with Gasteiger partial charge >= 0.3 is 0 Å². The molecule has 2 aromatic carbocycles. The first-order valence-corrected chi connectivity index (χ1v) is 9.13. The van der Waals surface area contributed by atoms with Gasteiger partial charge in [0, 0.05) is 23.7 Å². The van der Waals surface area contributed by atoms with E-state index in [9.17, 15) is 9.18 Å². The van der Waals surface area contributed by atoms with Gasteiger partial charge < -0.3 is 18.9 Å². The zero-order valence-corrected chi connectivity index (χ0v) is 14.9. The first kappa shape index (κ1) is 16.8. The van der Waals surface area contributed by atoms with Crippen molar-refractivity contribution in [1.29, 1.82) is 0 Å². The SMILES string of the molecule is O=C(c1cc(-c2ccc3c(c2)OCO3)on1)N1CCC[C@H]1c1ccccc1F. The van der Waals surface area contributed by atoms with Crippen LogP contribution >= 0.6 is 0 Å². The first-order chi connectivity index (χ1) is 13.7. The monoisotopic (exact) mass is 380 g/mol. The number of carbonyl (C=O) groups is 1. The van der Waals surface area contributed by atoms with Crippen LogP contribution in [0.3, 0.4) is 0 Å². The highest BCUT2D eigenvalue weighted by molar-refractivity contribution is 5.93. The zero-order chi connectivity index (χ0) is 19.1. The third kappa shape index (κ3) is 2.79. The second-order valence-corrected chi connectivity index (χ2v) is 6.82. The van der Waals surface area contributed by atoms with E-state index in [2.05, 4.69) is 5.16 Å². The van der Waals surface area contributed by atoms with E-state index >= 15 is 0 Å². The lowest BCUT2D eigenvalue weighted by Crippen LogP contribution is -2.31. The van der Waals surface area contributed by atoms with Crippen LogP contribution in [0.1, 0.15) is 34.9 Å². The Balaban J connectivity index is 1.41. The van der Waals surface area contributed by atoms with E-state index in [1.165, 1.54) is 6.07 Å². The molecule has 1 amide bonds. The van der Waals surface area contributed by atoms with Gasteiger partial charge in [-0.1, -0.05) is 23.4 Å². The molecular weight excluding hydrogens is 363 g/mol. The molecule has 28 heavy (non-hydrogen) atoms. The topological polar surface area (TPSA) is 64.8 Å². The maximum Gasteiger partial charge on any atom is 0.276 e. The average Bonchev–Trinajstić information content (AvgIpc) is 3.47. The van der Waals surface area contributed by atoms with Gasteiger partial charge in [-0.3, -0.25) is 4.79 Å². The molecule has 1 saturated heterocycles. The Labute approximate surface area is 160 Å². The van der Waals surface area contributed by atoms with Gasteiger partial charge in [-0.05, 0) is 37.1 Å². The summed E-state index contributed by atoms with van der Waals surface area (Å²) in [5.74, 6) is 1.20. The second-order valence-electron chi connectivity index (χ2n) is 6.82. The Hall–Kier alpha value is -3.35. The van der Waals surface area contributed by atoms with Crippen molar-refractivity contribution in [3.8, 4) is 22.8 Å². The largest absolute Gasteiger partial charge is 0.454 e. The van der Waals surface area contributed by atoms with Crippen LogP contribution in [0, 0.1) is 5.82 Å². The molecule has 1 atom stereocenters. The molecule has 0 radical (unpaired) electrons. The molecule has 5 rings (SSSR count). The molecule has 0 aliphatic carbocycles. The van der Waals surface area contributed by atoms with Crippen LogP contribution in [-0.4, -0.2) is 29.3 Å². The van der Waals surface area contributed by atoms with Crippen LogP contribution in [0.2, 0.25) is 0 Å². The minimum atomic E-state index is -0.298. The van der Waals surface area contributed by atoms with Crippen LogP contribution in [0.5, 0.6) is 11.5 Å². The summed E-state index contributed by atoms with van der Waals surface area (Å²) < 4.78 is 30.3. The van der Waals surface area contributed by atoms with Gasteiger partial charge in [0.15, 0.2) is 23.0 Å². The molecule has 0 saturated carbocycles. The van der Waals surface area contributed by atoms with Crippen LogP contribution in [-0.2, 0) is 0 Å². The molecule has 142 valence electrons. The fourth-order valence-corrected chi connectivity index (χ4v) is 3.79. The van der Waals surface area contributed by atoms with Gasteiger partial charge in [-0.25, -0.2) is 4.39 Å². The van der Waals surface area contributed by atoms with Crippen LogP contribution < -0.4 is 9.47 Å². The van der Waals surface area contributed by atoms with E-state index in [0.717, 1.165) is 18.4 Å². The summed E-state index contributed by atoms with van der Waals surface area (Å²) in [6.07, 6.45) is 1.54. The van der Waals surface area contributed by atoms with Crippen LogP contribution in [0.25, 0.3) is 11.3 Å². The molecule has 7 heteroatoms. The van der Waals surface area contributed by atoms with Crippen LogP contribution in [0.15, 0.2) is 53.1 Å². The third-order valence-corrected chi connectivity index (χ3v) is 5.16. The maximum absolute atomic E-state index is 14.2. The van der Waals surface area contributed by atoms with Crippen molar-refractivity contribution in [3.63, 3.8) is 0 Å². The normalized spacial score (nSPS) is 17.9. The first-order valence-electron chi connectivity index (χ1n) is 9.13. The van der Waals surface area contributed by atoms with E-state index in [1.54, 1.807) is 41.3 Å². The summed E-state index contributed by atoms with van der Waals surface area (Å²) >= 11 is 0. The van der Waals surface area contributed by atoms with Crippen LogP contribution in [0.4, 0.5) is 4.39 Å². The molecule has 0 bridgehead atoms. The highest BCUT2D eigenvalue weighted by Gasteiger charge is 2.33. The zero-order valence-electron chi connectivity index (χ0n) is 14.9. The van der Waals surface area contributed by atoms with Crippen molar-refractivity contribution < 1.29 is 23.2 Å². The molecule has 6 nitrogen and oxygen atoms in total. The number of halogens is 1. The van der Waals surface area contributed by atoms with Gasteiger partial charge in [0.25, 0.3) is 5.91 Å². The number of rotatable bonds is 3. The number of fused-ring (bicyclic) bond motifs is 1. The minimum Gasteiger partial charge on any atom is -0.454 e. The number of nitrogens with zero attached hydrogens (tertiary/aromatic N) is 2. The number of benzene rings is 2. The van der Waals surface area contributed by atoms with Gasteiger partial charge in [-0.2, -0.15) is 0 Å². The number of hydrogen-bond donors (Lipinski definition) is 0. The van der Waals surface area contributed by atoms with Gasteiger partial charge in [0.1, 0.15) is 5.82 Å². The van der Waals surface area contributed by atoms with E-state index in [-0.39, 0.29) is 30.3 Å². The Morgan fingerprint density at radius 2 is 1.96 bits per heavy atom. The molecule has 3 aromatic rings. The molecule has 2 aliphatic heterocycles. The lowest BCUT2D eigenvalue weighted by Gasteiger charge is -2.24. The Kier molecular flexibility index (Phi) is 4.00. The number of aromatic nitrogens is 1. The van der Waals surface area contributed by atoms with Crippen molar-refractivity contribution in [2.24, 2.45) is 0 Å². The van der Waals surface area contributed by atoms with Crippen molar-refractivity contribution in [2.75, 3.05) is 13.3 Å². The van der Waals surface area contributed by atoms with E-state index in [4.69, 9.17) is 14.0 Å². The quantitative estimate of drug-likeness (QED) is 0.682. The average molecular weight is 380 g/mol. The van der Waals surface area contributed by atoms with Crippen molar-refractivity contribution in [2.45, 2.75) is 18.9 Å². The lowest BCUT2D eigenvalue weighted by atomic mass is 10.0. The summed E-state index contributed by atoms with van der Waals surface area (Å²) in [7, 11) is 0. The second kappa shape index (κ2) is 6.67. The highest BCUT2D eigenvalue weighted by atomic mass is 19.1. The van der Waals surface area contributed by atoms with Gasteiger partial charge in [-0.15, -0.1) is 0 Å². The Morgan fingerprint density at radius 1 is 1.11 bits per heavy atom. The number of amides is 1. The number of ether oxygens (including phenoxy) is 2. The number of likely N-dealkylation sites (tertiary alicyclic amines) is 1. The summed E-state index contributed by atoms with van der Waals surface area (Å²) in [4.78, 5) is 14.7. The fraction of sp³-hybridized carbons (Fsp3) is 0.238. The minimum absolute atomic E-state index is 0.186. The molecule has 0 spiro atoms. The smallest absolute Gasteiger partial charge is 0.276 e. The van der Waals surface area contributed by atoms with Gasteiger partial charge in [0.2, 0.25) is 6.79 Å². The van der Waals surface area contributed by atoms with Crippen molar-refractivity contribution in [3.05, 3.63) is 65.6 Å². The maximum atomic E-state index is 14.2. The van der Waals surface area contributed by atoms with E-state index in [1.807, 2.05) is 6.07 Å². The fourth-order valence-electron chi connectivity index (χ4n) is 3.79. The number of carbonyl (C=O) groups excluding carboxylic acids is 1. The number of hydrogen-bond acceptors (Lipinski definition) is 5. The lowest BCUT2D eigenvalue weighted by molar-refractivity contribution is 0.0723. The predicted molar refractivity (Wildman–Crippen MR) is 97.5 cm³/mol. The van der Waals surface area contributed by atoms with E-state index < -0.39 is 0 Å². The highest BCUT2D eigenvalue weighted by Crippen LogP contribution is 2.37. The molecule has 1 fully saturated rings. The predicted octanol–water partition coefficient (Wildman–Crippen LogP) is 4.19.